The van der Waals surface area contributed by atoms with Gasteiger partial charge in [-0.1, -0.05) is 32.0 Å². The van der Waals surface area contributed by atoms with E-state index in [0.717, 1.165) is 38.4 Å². The van der Waals surface area contributed by atoms with Gasteiger partial charge in [0.05, 0.1) is 0 Å². The Morgan fingerprint density at radius 1 is 1.33 bits per heavy atom. The molecule has 0 aliphatic carbocycles. The minimum Gasteiger partial charge on any atom is -0.361 e. The second-order valence-electron chi connectivity index (χ2n) is 7.27. The molecule has 0 radical (unpaired) electrons. The molecule has 1 aliphatic heterocycles. The van der Waals surface area contributed by atoms with Gasteiger partial charge in [0.1, 0.15) is 0 Å². The minimum atomic E-state index is 0. The summed E-state index contributed by atoms with van der Waals surface area (Å²) in [4.78, 5) is 10.2. The summed E-state index contributed by atoms with van der Waals surface area (Å²) in [6.45, 7) is 7.82. The van der Waals surface area contributed by atoms with E-state index < -0.39 is 0 Å². The summed E-state index contributed by atoms with van der Waals surface area (Å²) in [6.07, 6.45) is 5.57. The molecule has 2 aromatic rings. The lowest BCUT2D eigenvalue weighted by molar-refractivity contribution is 0.370. The molecule has 0 amide bonds. The van der Waals surface area contributed by atoms with Gasteiger partial charge >= 0.3 is 0 Å². The van der Waals surface area contributed by atoms with Gasteiger partial charge in [0.15, 0.2) is 5.96 Å². The number of fused-ring (bicyclic) bond motifs is 1. The number of aromatic amines is 1. The van der Waals surface area contributed by atoms with Crippen LogP contribution in [0.5, 0.6) is 0 Å². The number of halogens is 1. The van der Waals surface area contributed by atoms with Gasteiger partial charge in [0.25, 0.3) is 0 Å². The molecule has 5 heteroatoms. The number of nitrogens with zero attached hydrogens (tertiary/aromatic N) is 2. The number of para-hydroxylation sites is 1. The van der Waals surface area contributed by atoms with Crippen molar-refractivity contribution in [1.82, 2.24) is 15.2 Å². The largest absolute Gasteiger partial charge is 0.361 e. The lowest BCUT2D eigenvalue weighted by Crippen LogP contribution is -2.41. The van der Waals surface area contributed by atoms with Crippen molar-refractivity contribution in [2.45, 2.75) is 33.1 Å². The van der Waals surface area contributed by atoms with E-state index in [-0.39, 0.29) is 24.0 Å². The normalized spacial score (nSPS) is 17.1. The van der Waals surface area contributed by atoms with Crippen molar-refractivity contribution in [3.63, 3.8) is 0 Å². The molecule has 1 aromatic heterocycles. The van der Waals surface area contributed by atoms with E-state index in [1.165, 1.54) is 22.9 Å². The first-order valence-electron chi connectivity index (χ1n) is 8.60. The highest BCUT2D eigenvalue weighted by Gasteiger charge is 2.30. The van der Waals surface area contributed by atoms with Gasteiger partial charge in [-0.05, 0) is 36.3 Å². The number of aryl methyl sites for hydroxylation is 1. The molecule has 3 rings (SSSR count). The van der Waals surface area contributed by atoms with E-state index in [1.54, 1.807) is 0 Å². The first kappa shape index (κ1) is 19.1. The van der Waals surface area contributed by atoms with Crippen LogP contribution in [0.3, 0.4) is 0 Å². The fourth-order valence-electron chi connectivity index (χ4n) is 3.44. The molecule has 0 saturated carbocycles. The van der Waals surface area contributed by atoms with E-state index in [9.17, 15) is 0 Å². The number of aromatic nitrogens is 1. The molecule has 2 N–H and O–H groups in total. The van der Waals surface area contributed by atoms with Gasteiger partial charge in [0.2, 0.25) is 0 Å². The van der Waals surface area contributed by atoms with Gasteiger partial charge in [-0.2, -0.15) is 0 Å². The minimum absolute atomic E-state index is 0. The van der Waals surface area contributed by atoms with Gasteiger partial charge in [-0.15, -0.1) is 24.0 Å². The summed E-state index contributed by atoms with van der Waals surface area (Å²) < 4.78 is 0. The molecule has 0 spiro atoms. The number of hydrogen-bond donors (Lipinski definition) is 2. The molecule has 1 saturated heterocycles. The van der Waals surface area contributed by atoms with Crippen molar-refractivity contribution < 1.29 is 0 Å². The van der Waals surface area contributed by atoms with Gasteiger partial charge in [-0.3, -0.25) is 4.99 Å². The number of likely N-dealkylation sites (tertiary alicyclic amines) is 1. The van der Waals surface area contributed by atoms with Crippen LogP contribution in [-0.2, 0) is 6.42 Å². The average Bonchev–Trinajstić information content (AvgIpc) is 3.11. The number of H-pyrrole nitrogens is 1. The van der Waals surface area contributed by atoms with Crippen LogP contribution < -0.4 is 5.32 Å². The smallest absolute Gasteiger partial charge is 0.193 e. The Kier molecular flexibility index (Phi) is 6.54. The highest BCUT2D eigenvalue weighted by Crippen LogP contribution is 2.28. The molecule has 1 aromatic carbocycles. The highest BCUT2D eigenvalue weighted by atomic mass is 127. The quantitative estimate of drug-likeness (QED) is 0.327. The fourth-order valence-corrected chi connectivity index (χ4v) is 3.44. The highest BCUT2D eigenvalue weighted by molar-refractivity contribution is 14.0. The summed E-state index contributed by atoms with van der Waals surface area (Å²) in [5, 5.41) is 4.87. The number of nitrogens with one attached hydrogen (secondary N) is 2. The summed E-state index contributed by atoms with van der Waals surface area (Å²) in [6, 6.07) is 8.51. The van der Waals surface area contributed by atoms with Crippen LogP contribution in [0.4, 0.5) is 0 Å². The molecule has 0 unspecified atom stereocenters. The predicted octanol–water partition coefficient (Wildman–Crippen LogP) is 4.03. The van der Waals surface area contributed by atoms with Crippen molar-refractivity contribution in [3.8, 4) is 0 Å². The molecule has 24 heavy (non-hydrogen) atoms. The van der Waals surface area contributed by atoms with E-state index >= 15 is 0 Å². The zero-order valence-corrected chi connectivity index (χ0v) is 17.3. The Balaban J connectivity index is 0.00000208. The predicted molar refractivity (Wildman–Crippen MR) is 113 cm³/mol. The summed E-state index contributed by atoms with van der Waals surface area (Å²) >= 11 is 0. The number of hydrogen-bond acceptors (Lipinski definition) is 1. The molecular weight excluding hydrogens is 411 g/mol. The zero-order valence-electron chi connectivity index (χ0n) is 14.9. The monoisotopic (exact) mass is 440 g/mol. The summed E-state index contributed by atoms with van der Waals surface area (Å²) in [7, 11) is 1.88. The van der Waals surface area contributed by atoms with Crippen molar-refractivity contribution in [2.24, 2.45) is 10.4 Å². The molecule has 2 heterocycles. The van der Waals surface area contributed by atoms with Crippen LogP contribution in [-0.4, -0.2) is 42.5 Å². The third-order valence-electron chi connectivity index (χ3n) is 4.77. The molecule has 1 fully saturated rings. The van der Waals surface area contributed by atoms with E-state index in [2.05, 4.69) is 64.5 Å². The maximum Gasteiger partial charge on any atom is 0.193 e. The Labute approximate surface area is 162 Å². The number of rotatable bonds is 4. The van der Waals surface area contributed by atoms with Gasteiger partial charge in [0, 0.05) is 43.8 Å². The maximum absolute atomic E-state index is 4.45. The Morgan fingerprint density at radius 3 is 2.83 bits per heavy atom. The van der Waals surface area contributed by atoms with Crippen molar-refractivity contribution in [2.75, 3.05) is 26.7 Å². The van der Waals surface area contributed by atoms with E-state index in [4.69, 9.17) is 0 Å². The van der Waals surface area contributed by atoms with E-state index in [1.807, 2.05) is 7.05 Å². The van der Waals surface area contributed by atoms with Gasteiger partial charge < -0.3 is 15.2 Å². The fraction of sp³-hybridized carbons (Fsp3) is 0.526. The average molecular weight is 440 g/mol. The Morgan fingerprint density at radius 2 is 2.12 bits per heavy atom. The van der Waals surface area contributed by atoms with Crippen LogP contribution in [0.2, 0.25) is 0 Å². The van der Waals surface area contributed by atoms with Crippen molar-refractivity contribution in [1.29, 1.82) is 0 Å². The molecule has 132 valence electrons. The third-order valence-corrected chi connectivity index (χ3v) is 4.77. The molecule has 4 nitrogen and oxygen atoms in total. The second-order valence-corrected chi connectivity index (χ2v) is 7.27. The zero-order chi connectivity index (χ0) is 16.3. The summed E-state index contributed by atoms with van der Waals surface area (Å²) in [5.41, 5.74) is 3.03. The number of guanidine groups is 1. The molecular formula is C19H29IN4. The van der Waals surface area contributed by atoms with Crippen LogP contribution >= 0.6 is 24.0 Å². The summed E-state index contributed by atoms with van der Waals surface area (Å²) in [5.74, 6) is 1.05. The van der Waals surface area contributed by atoms with E-state index in [0.29, 0.717) is 5.41 Å². The van der Waals surface area contributed by atoms with Crippen molar-refractivity contribution in [3.05, 3.63) is 36.0 Å². The SMILES string of the molecule is CN=C(NCCCc1c[nH]c2ccccc12)N1CCC(C)(C)C1.I. The lowest BCUT2D eigenvalue weighted by Gasteiger charge is -2.23. The first-order valence-corrected chi connectivity index (χ1v) is 8.60. The van der Waals surface area contributed by atoms with Crippen LogP contribution in [0.15, 0.2) is 35.5 Å². The van der Waals surface area contributed by atoms with Crippen molar-refractivity contribution >= 4 is 40.8 Å². The Bertz CT molecular complexity index is 689. The third kappa shape index (κ3) is 4.43. The van der Waals surface area contributed by atoms with Gasteiger partial charge in [-0.25, -0.2) is 0 Å². The lowest BCUT2D eigenvalue weighted by atomic mass is 9.93. The maximum atomic E-state index is 4.45. The molecule has 0 bridgehead atoms. The topological polar surface area (TPSA) is 43.4 Å². The number of benzene rings is 1. The first-order chi connectivity index (χ1) is 11.1. The second kappa shape index (κ2) is 8.23. The van der Waals surface area contributed by atoms with Crippen LogP contribution in [0.1, 0.15) is 32.3 Å². The van der Waals surface area contributed by atoms with Crippen LogP contribution in [0, 0.1) is 5.41 Å². The molecule has 1 aliphatic rings. The Hall–Kier alpha value is -1.24. The standard InChI is InChI=1S/C19H28N4.HI/c1-19(2)10-12-23(14-19)18(20-3)21-11-6-7-15-13-22-17-9-5-4-8-16(15)17;/h4-5,8-9,13,22H,6-7,10-12,14H2,1-3H3,(H,20,21);1H. The molecule has 0 atom stereocenters. The van der Waals surface area contributed by atoms with Crippen LogP contribution in [0.25, 0.3) is 10.9 Å². The number of aliphatic imine (C=N–C) groups is 1.